The molecule has 0 aliphatic carbocycles. The van der Waals surface area contributed by atoms with Gasteiger partial charge < -0.3 is 15.3 Å². The number of aliphatic hydroxyl groups is 1. The van der Waals surface area contributed by atoms with Crippen molar-refractivity contribution in [3.63, 3.8) is 0 Å². The molecule has 0 saturated heterocycles. The van der Waals surface area contributed by atoms with Gasteiger partial charge in [-0.05, 0) is 30.2 Å². The number of hydrogen-bond donors (Lipinski definition) is 3. The topological polar surface area (TPSA) is 94.8 Å². The molecule has 0 atom stereocenters. The smallest absolute Gasteiger partial charge is 0.336 e. The van der Waals surface area contributed by atoms with E-state index in [2.05, 4.69) is 0 Å². The SMILES string of the molecule is CCc1cc(CO)c(O)c(C(=O)c2ccccc2C(=O)O)c1. The second-order valence-electron chi connectivity index (χ2n) is 4.84. The normalized spacial score (nSPS) is 10.5. The largest absolute Gasteiger partial charge is 0.507 e. The fourth-order valence-corrected chi connectivity index (χ4v) is 2.27. The van der Waals surface area contributed by atoms with Crippen LogP contribution in [-0.2, 0) is 13.0 Å². The number of aryl methyl sites for hydroxylation is 1. The van der Waals surface area contributed by atoms with Gasteiger partial charge in [0, 0.05) is 11.1 Å². The molecule has 2 rings (SSSR count). The lowest BCUT2D eigenvalue weighted by Gasteiger charge is -2.11. The minimum absolute atomic E-state index is 0.00226. The first-order valence-electron chi connectivity index (χ1n) is 6.82. The van der Waals surface area contributed by atoms with E-state index in [1.165, 1.54) is 24.3 Å². The molecule has 5 heteroatoms. The molecule has 2 aromatic carbocycles. The van der Waals surface area contributed by atoms with Crippen LogP contribution in [0.5, 0.6) is 5.75 Å². The zero-order valence-electron chi connectivity index (χ0n) is 12.0. The van der Waals surface area contributed by atoms with Gasteiger partial charge >= 0.3 is 5.97 Å². The average Bonchev–Trinajstić information content (AvgIpc) is 2.54. The standard InChI is InChI=1S/C17H16O5/c1-2-10-7-11(9-18)15(19)14(8-10)16(20)12-5-3-4-6-13(12)17(21)22/h3-8,18-19H,2,9H2,1H3,(H,21,22). The van der Waals surface area contributed by atoms with Crippen molar-refractivity contribution in [2.24, 2.45) is 0 Å². The first-order valence-corrected chi connectivity index (χ1v) is 6.82. The van der Waals surface area contributed by atoms with Crippen LogP contribution in [0.15, 0.2) is 36.4 Å². The van der Waals surface area contributed by atoms with E-state index >= 15 is 0 Å². The number of aromatic carboxylic acids is 1. The fourth-order valence-electron chi connectivity index (χ4n) is 2.27. The summed E-state index contributed by atoms with van der Waals surface area (Å²) in [5.74, 6) is -2.11. The molecule has 0 saturated carbocycles. The number of carbonyl (C=O) groups excluding carboxylic acids is 1. The molecule has 0 radical (unpaired) electrons. The quantitative estimate of drug-likeness (QED) is 0.737. The summed E-state index contributed by atoms with van der Waals surface area (Å²) in [7, 11) is 0. The summed E-state index contributed by atoms with van der Waals surface area (Å²) in [5.41, 5.74) is 0.896. The molecule has 0 spiro atoms. The van der Waals surface area contributed by atoms with Crippen molar-refractivity contribution in [2.45, 2.75) is 20.0 Å². The zero-order chi connectivity index (χ0) is 16.3. The zero-order valence-corrected chi connectivity index (χ0v) is 12.0. The van der Waals surface area contributed by atoms with Gasteiger partial charge in [0.1, 0.15) is 5.75 Å². The van der Waals surface area contributed by atoms with Crippen LogP contribution in [0.3, 0.4) is 0 Å². The second-order valence-corrected chi connectivity index (χ2v) is 4.84. The van der Waals surface area contributed by atoms with Gasteiger partial charge in [-0.25, -0.2) is 4.79 Å². The minimum Gasteiger partial charge on any atom is -0.507 e. The molecule has 22 heavy (non-hydrogen) atoms. The highest BCUT2D eigenvalue weighted by molar-refractivity contribution is 6.15. The van der Waals surface area contributed by atoms with Crippen LogP contribution in [0.4, 0.5) is 0 Å². The number of phenols is 1. The van der Waals surface area contributed by atoms with E-state index in [9.17, 15) is 24.9 Å². The van der Waals surface area contributed by atoms with E-state index in [-0.39, 0.29) is 28.0 Å². The Kier molecular flexibility index (Phi) is 4.58. The third-order valence-corrected chi connectivity index (χ3v) is 3.47. The van der Waals surface area contributed by atoms with Crippen molar-refractivity contribution in [3.05, 3.63) is 64.2 Å². The van der Waals surface area contributed by atoms with Gasteiger partial charge in [-0.15, -0.1) is 0 Å². The average molecular weight is 300 g/mol. The van der Waals surface area contributed by atoms with Crippen molar-refractivity contribution in [1.29, 1.82) is 0 Å². The number of aliphatic hydroxyl groups excluding tert-OH is 1. The third kappa shape index (κ3) is 2.84. The molecule has 0 aromatic heterocycles. The van der Waals surface area contributed by atoms with Gasteiger partial charge in [-0.1, -0.05) is 25.1 Å². The Morgan fingerprint density at radius 1 is 1.05 bits per heavy atom. The summed E-state index contributed by atoms with van der Waals surface area (Å²) < 4.78 is 0. The fraction of sp³-hybridized carbons (Fsp3) is 0.176. The number of rotatable bonds is 5. The Bertz CT molecular complexity index is 734. The summed E-state index contributed by atoms with van der Waals surface area (Å²) in [5, 5.41) is 28.6. The molecule has 0 bridgehead atoms. The van der Waals surface area contributed by atoms with Crippen LogP contribution in [0, 0.1) is 0 Å². The number of ketones is 1. The van der Waals surface area contributed by atoms with Crippen LogP contribution in [0.25, 0.3) is 0 Å². The Morgan fingerprint density at radius 3 is 2.23 bits per heavy atom. The maximum absolute atomic E-state index is 12.6. The molecule has 5 nitrogen and oxygen atoms in total. The van der Waals surface area contributed by atoms with E-state index in [0.29, 0.717) is 6.42 Å². The van der Waals surface area contributed by atoms with Crippen LogP contribution in [-0.4, -0.2) is 27.1 Å². The molecular weight excluding hydrogens is 284 g/mol. The molecule has 0 fully saturated rings. The third-order valence-electron chi connectivity index (χ3n) is 3.47. The number of hydrogen-bond acceptors (Lipinski definition) is 4. The highest BCUT2D eigenvalue weighted by Crippen LogP contribution is 2.28. The molecule has 3 N–H and O–H groups in total. The highest BCUT2D eigenvalue weighted by Gasteiger charge is 2.21. The predicted octanol–water partition coefficient (Wildman–Crippen LogP) is 2.38. The number of benzene rings is 2. The number of carboxylic acid groups (broad SMARTS) is 1. The summed E-state index contributed by atoms with van der Waals surface area (Å²) in [6.45, 7) is 1.48. The van der Waals surface area contributed by atoms with Gasteiger partial charge in [0.25, 0.3) is 0 Å². The van der Waals surface area contributed by atoms with Crippen molar-refractivity contribution < 1.29 is 24.9 Å². The van der Waals surface area contributed by atoms with E-state index in [0.717, 1.165) is 5.56 Å². The number of aromatic hydroxyl groups is 1. The molecule has 0 amide bonds. The molecule has 0 unspecified atom stereocenters. The lowest BCUT2D eigenvalue weighted by atomic mass is 9.94. The lowest BCUT2D eigenvalue weighted by molar-refractivity contribution is 0.0692. The van der Waals surface area contributed by atoms with E-state index in [1.807, 2.05) is 6.92 Å². The number of carboxylic acids is 1. The minimum atomic E-state index is -1.21. The molecule has 2 aromatic rings. The molecule has 0 aliphatic rings. The summed E-state index contributed by atoms with van der Waals surface area (Å²) in [6.07, 6.45) is 0.619. The highest BCUT2D eigenvalue weighted by atomic mass is 16.4. The van der Waals surface area contributed by atoms with E-state index < -0.39 is 18.4 Å². The maximum atomic E-state index is 12.6. The predicted molar refractivity (Wildman–Crippen MR) is 80.2 cm³/mol. The van der Waals surface area contributed by atoms with Crippen LogP contribution in [0.1, 0.15) is 44.3 Å². The second kappa shape index (κ2) is 6.41. The Morgan fingerprint density at radius 2 is 1.68 bits per heavy atom. The van der Waals surface area contributed by atoms with Gasteiger partial charge in [-0.3, -0.25) is 4.79 Å². The van der Waals surface area contributed by atoms with Crippen molar-refractivity contribution in [1.82, 2.24) is 0 Å². The molecular formula is C17H16O5. The summed E-state index contributed by atoms with van der Waals surface area (Å²) in [6, 6.07) is 8.98. The van der Waals surface area contributed by atoms with Crippen molar-refractivity contribution in [3.8, 4) is 5.75 Å². The van der Waals surface area contributed by atoms with Crippen molar-refractivity contribution >= 4 is 11.8 Å². The van der Waals surface area contributed by atoms with Gasteiger partial charge in [0.2, 0.25) is 0 Å². The van der Waals surface area contributed by atoms with Gasteiger partial charge in [-0.2, -0.15) is 0 Å². The van der Waals surface area contributed by atoms with Crippen LogP contribution < -0.4 is 0 Å². The monoisotopic (exact) mass is 300 g/mol. The first kappa shape index (κ1) is 15.7. The molecule has 0 heterocycles. The van der Waals surface area contributed by atoms with E-state index in [4.69, 9.17) is 0 Å². The first-order chi connectivity index (χ1) is 10.5. The van der Waals surface area contributed by atoms with Crippen molar-refractivity contribution in [2.75, 3.05) is 0 Å². The summed E-state index contributed by atoms with van der Waals surface area (Å²) in [4.78, 5) is 23.9. The van der Waals surface area contributed by atoms with E-state index in [1.54, 1.807) is 12.1 Å². The van der Waals surface area contributed by atoms with Gasteiger partial charge in [0.05, 0.1) is 17.7 Å². The van der Waals surface area contributed by atoms with Gasteiger partial charge in [0.15, 0.2) is 5.78 Å². The molecule has 0 aliphatic heterocycles. The van der Waals surface area contributed by atoms with Crippen LogP contribution >= 0.6 is 0 Å². The Labute approximate surface area is 127 Å². The Hall–Kier alpha value is -2.66. The molecule has 114 valence electrons. The number of carbonyl (C=O) groups is 2. The van der Waals surface area contributed by atoms with Crippen LogP contribution in [0.2, 0.25) is 0 Å². The maximum Gasteiger partial charge on any atom is 0.336 e. The Balaban J connectivity index is 2.62. The summed E-state index contributed by atoms with van der Waals surface area (Å²) >= 11 is 0. The lowest BCUT2D eigenvalue weighted by Crippen LogP contribution is -2.10.